The summed E-state index contributed by atoms with van der Waals surface area (Å²) in [5.41, 5.74) is 13.9. The molecule has 4 aromatic heterocycles. The molecule has 0 aliphatic heterocycles. The van der Waals surface area contributed by atoms with Gasteiger partial charge in [-0.15, -0.1) is 12.1 Å². The Morgan fingerprint density at radius 1 is 0.538 bits per heavy atom. The molecule has 10 rings (SSSR count). The van der Waals surface area contributed by atoms with E-state index < -0.39 is 0 Å². The summed E-state index contributed by atoms with van der Waals surface area (Å²) in [6, 6.07) is 41.8. The Kier molecular flexibility index (Phi) is 7.53. The average molecular weight is 852 g/mol. The molecule has 6 heteroatoms. The molecule has 4 heterocycles. The summed E-state index contributed by atoms with van der Waals surface area (Å²) in [7, 11) is 0. The van der Waals surface area contributed by atoms with Crippen molar-refractivity contribution >= 4 is 54.6 Å². The van der Waals surface area contributed by atoms with E-state index in [0.717, 1.165) is 54.6 Å². The standard InChI is InChI=1S/C46H32N4O.Pt/c1-27-8-13-35(30(4)22-27)31-9-14-38-36-16-11-33(25-40(36)45-47-18-20-49(45)42(38)23-31)51-34-12-17-37-39-15-10-32(44-28(2)6-5-7-29(44)3)24-43(39)50-21-19-48-46(50)41(37)26-34;/h5-24H,1-4H3;/q-2;+2. The molecule has 0 fully saturated rings. The van der Waals surface area contributed by atoms with Crippen LogP contribution in [0.15, 0.2) is 122 Å². The number of hydrogen-bond acceptors (Lipinski definition) is 3. The van der Waals surface area contributed by atoms with Crippen molar-refractivity contribution in [3.05, 3.63) is 156 Å². The first-order valence-electron chi connectivity index (χ1n) is 17.2. The van der Waals surface area contributed by atoms with Gasteiger partial charge in [-0.25, -0.2) is 0 Å². The zero-order valence-electron chi connectivity index (χ0n) is 29.1. The molecule has 5 nitrogen and oxygen atoms in total. The number of aryl methyl sites for hydroxylation is 4. The normalized spacial score (nSPS) is 11.7. The Hall–Kier alpha value is -5.77. The van der Waals surface area contributed by atoms with Crippen molar-refractivity contribution in [3.63, 3.8) is 0 Å². The number of nitrogens with zero attached hydrogens (tertiary/aromatic N) is 4. The van der Waals surface area contributed by atoms with Gasteiger partial charge in [0, 0.05) is 47.3 Å². The molecule has 52 heavy (non-hydrogen) atoms. The van der Waals surface area contributed by atoms with Crippen molar-refractivity contribution in [1.29, 1.82) is 0 Å². The van der Waals surface area contributed by atoms with Crippen molar-refractivity contribution < 1.29 is 25.8 Å². The van der Waals surface area contributed by atoms with E-state index >= 15 is 0 Å². The van der Waals surface area contributed by atoms with Crippen LogP contribution in [0.5, 0.6) is 11.5 Å². The molecule has 252 valence electrons. The molecule has 0 saturated carbocycles. The van der Waals surface area contributed by atoms with E-state index in [2.05, 4.69) is 134 Å². The van der Waals surface area contributed by atoms with E-state index in [1.165, 1.54) is 44.5 Å². The molecule has 0 radical (unpaired) electrons. The van der Waals surface area contributed by atoms with Crippen molar-refractivity contribution in [2.75, 3.05) is 0 Å². The van der Waals surface area contributed by atoms with Crippen molar-refractivity contribution in [3.8, 4) is 33.8 Å². The molecule has 10 aromatic rings. The maximum absolute atomic E-state index is 6.49. The van der Waals surface area contributed by atoms with Crippen molar-refractivity contribution in [1.82, 2.24) is 18.8 Å². The zero-order chi connectivity index (χ0) is 34.4. The largest absolute Gasteiger partial charge is 2.00 e. The van der Waals surface area contributed by atoms with Crippen molar-refractivity contribution in [2.45, 2.75) is 27.7 Å². The van der Waals surface area contributed by atoms with Crippen LogP contribution in [0.4, 0.5) is 0 Å². The van der Waals surface area contributed by atoms with Gasteiger partial charge in [-0.3, -0.25) is 9.97 Å². The second-order valence-corrected chi connectivity index (χ2v) is 13.6. The third-order valence-corrected chi connectivity index (χ3v) is 10.3. The van der Waals surface area contributed by atoms with E-state index in [4.69, 9.17) is 14.7 Å². The fourth-order valence-electron chi connectivity index (χ4n) is 8.00. The molecule has 0 N–H and O–H groups in total. The van der Waals surface area contributed by atoms with Gasteiger partial charge in [-0.2, -0.15) is 0 Å². The summed E-state index contributed by atoms with van der Waals surface area (Å²) in [6.45, 7) is 8.65. The number of hydrogen-bond donors (Lipinski definition) is 0. The third-order valence-electron chi connectivity index (χ3n) is 10.3. The minimum absolute atomic E-state index is 0. The summed E-state index contributed by atoms with van der Waals surface area (Å²) in [6.07, 6.45) is 7.74. The Morgan fingerprint density at radius 3 is 1.65 bits per heavy atom. The van der Waals surface area contributed by atoms with Gasteiger partial charge in [-0.05, 0) is 89.5 Å². The molecule has 0 spiro atoms. The van der Waals surface area contributed by atoms with Gasteiger partial charge in [0.25, 0.3) is 0 Å². The number of ether oxygens (including phenoxy) is 1. The van der Waals surface area contributed by atoms with Gasteiger partial charge in [0.2, 0.25) is 0 Å². The maximum atomic E-state index is 6.49. The van der Waals surface area contributed by atoms with Crippen LogP contribution in [0.1, 0.15) is 22.3 Å². The molecule has 0 saturated heterocycles. The Balaban J connectivity index is 0.00000360. The molecule has 0 bridgehead atoms. The topological polar surface area (TPSA) is 43.8 Å². The minimum atomic E-state index is 0. The van der Waals surface area contributed by atoms with Gasteiger partial charge in [0.1, 0.15) is 0 Å². The molecule has 0 atom stereocenters. The van der Waals surface area contributed by atoms with Gasteiger partial charge < -0.3 is 13.5 Å². The van der Waals surface area contributed by atoms with E-state index in [0.29, 0.717) is 11.5 Å². The average Bonchev–Trinajstić information content (AvgIpc) is 3.83. The summed E-state index contributed by atoms with van der Waals surface area (Å²) < 4.78 is 10.8. The van der Waals surface area contributed by atoms with Crippen LogP contribution >= 0.6 is 0 Å². The van der Waals surface area contributed by atoms with Crippen LogP contribution in [0.3, 0.4) is 0 Å². The minimum Gasteiger partial charge on any atom is -0.497 e. The summed E-state index contributed by atoms with van der Waals surface area (Å²) in [4.78, 5) is 9.54. The molecule has 0 aliphatic carbocycles. The molecule has 0 unspecified atom stereocenters. The number of pyridine rings is 2. The number of aromatic nitrogens is 4. The SMILES string of the molecule is Cc1ccc(-c2ccc3c4ccc(Oc5[c-]c6c(cc5)c5ccc(-c7c(C)cccc7C)cc5n5ccnc65)[c-]c4c4nccn4c3c2)c(C)c1.[Pt+2]. The second-order valence-electron chi connectivity index (χ2n) is 13.6. The number of fused-ring (bicyclic) bond motifs is 12. The van der Waals surface area contributed by atoms with Gasteiger partial charge in [0.05, 0.1) is 11.3 Å². The van der Waals surface area contributed by atoms with Crippen LogP contribution < -0.4 is 4.74 Å². The smallest absolute Gasteiger partial charge is 0.497 e. The molecule has 0 amide bonds. The Morgan fingerprint density at radius 2 is 1.08 bits per heavy atom. The van der Waals surface area contributed by atoms with Crippen LogP contribution in [0.25, 0.3) is 76.9 Å². The monoisotopic (exact) mass is 851 g/mol. The number of benzene rings is 6. The molecular weight excluding hydrogens is 820 g/mol. The first-order valence-corrected chi connectivity index (χ1v) is 17.2. The Bertz CT molecular complexity index is 3040. The summed E-state index contributed by atoms with van der Waals surface area (Å²) >= 11 is 0. The van der Waals surface area contributed by atoms with Crippen LogP contribution in [0.2, 0.25) is 0 Å². The first kappa shape index (κ1) is 32.2. The van der Waals surface area contributed by atoms with E-state index in [1.54, 1.807) is 0 Å². The van der Waals surface area contributed by atoms with Crippen molar-refractivity contribution in [2.24, 2.45) is 0 Å². The van der Waals surface area contributed by atoms with Gasteiger partial charge >= 0.3 is 21.1 Å². The van der Waals surface area contributed by atoms with Gasteiger partial charge in [0.15, 0.2) is 0 Å². The number of imidazole rings is 2. The van der Waals surface area contributed by atoms with E-state index in [-0.39, 0.29) is 21.1 Å². The van der Waals surface area contributed by atoms with Crippen LogP contribution in [-0.2, 0) is 21.1 Å². The predicted molar refractivity (Wildman–Crippen MR) is 208 cm³/mol. The summed E-state index contributed by atoms with van der Waals surface area (Å²) in [5.74, 6) is 1.21. The second kappa shape index (κ2) is 12.2. The van der Waals surface area contributed by atoms with E-state index in [9.17, 15) is 0 Å². The summed E-state index contributed by atoms with van der Waals surface area (Å²) in [5, 5.41) is 6.25. The third kappa shape index (κ3) is 4.95. The maximum Gasteiger partial charge on any atom is 2.00 e. The van der Waals surface area contributed by atoms with Crippen LogP contribution in [0, 0.1) is 39.8 Å². The molecular formula is C46H32N4OPt. The fraction of sp³-hybridized carbons (Fsp3) is 0.0870. The molecule has 0 aliphatic rings. The zero-order valence-corrected chi connectivity index (χ0v) is 31.3. The Labute approximate surface area is 315 Å². The fourth-order valence-corrected chi connectivity index (χ4v) is 8.00. The molecule has 6 aromatic carbocycles. The predicted octanol–water partition coefficient (Wildman–Crippen LogP) is 11.6. The number of rotatable bonds is 4. The first-order chi connectivity index (χ1) is 24.9. The van der Waals surface area contributed by atoms with Crippen LogP contribution in [-0.4, -0.2) is 18.8 Å². The quantitative estimate of drug-likeness (QED) is 0.131. The van der Waals surface area contributed by atoms with E-state index in [1.807, 2.05) is 36.9 Å². The van der Waals surface area contributed by atoms with Gasteiger partial charge in [-0.1, -0.05) is 112 Å².